The lowest BCUT2D eigenvalue weighted by Gasteiger charge is -2.38. The van der Waals surface area contributed by atoms with Crippen LogP contribution in [0, 0.1) is 0 Å². The molecular weight excluding hydrogens is 538 g/mol. The van der Waals surface area contributed by atoms with Crippen LogP contribution in [0.15, 0.2) is 104 Å². The zero-order chi connectivity index (χ0) is 30.0. The minimum absolute atomic E-state index is 0.250. The van der Waals surface area contributed by atoms with E-state index in [9.17, 15) is 4.79 Å². The van der Waals surface area contributed by atoms with E-state index in [0.717, 1.165) is 35.1 Å². The number of aromatic nitrogens is 3. The van der Waals surface area contributed by atoms with Crippen molar-refractivity contribution in [3.63, 3.8) is 0 Å². The van der Waals surface area contributed by atoms with Crippen LogP contribution in [0.1, 0.15) is 61.9 Å². The van der Waals surface area contributed by atoms with Crippen molar-refractivity contribution in [1.29, 1.82) is 0 Å². The van der Waals surface area contributed by atoms with Crippen LogP contribution in [0.25, 0.3) is 11.0 Å². The van der Waals surface area contributed by atoms with E-state index >= 15 is 0 Å². The second kappa shape index (κ2) is 11.5. The van der Waals surface area contributed by atoms with E-state index in [-0.39, 0.29) is 24.8 Å². The number of H-pyrrole nitrogens is 1. The van der Waals surface area contributed by atoms with Crippen molar-refractivity contribution < 1.29 is 14.3 Å². The SMILES string of the molecule is CC(C)(C)OC(=O)N1C(COC(c2ccccc2)(c2ccccc2)c2ccccc2)CCC1c1c[nH]c2c(N)ncnc12. The Balaban J connectivity index is 1.41. The fourth-order valence-electron chi connectivity index (χ4n) is 6.17. The van der Waals surface area contributed by atoms with Gasteiger partial charge in [0.15, 0.2) is 5.82 Å². The third-order valence-electron chi connectivity index (χ3n) is 8.02. The van der Waals surface area contributed by atoms with Crippen molar-refractivity contribution in [1.82, 2.24) is 19.9 Å². The molecule has 2 unspecified atom stereocenters. The Morgan fingerprint density at radius 2 is 1.44 bits per heavy atom. The number of nitrogens with zero attached hydrogens (tertiary/aromatic N) is 3. The second-order valence-corrected chi connectivity index (χ2v) is 12.0. The van der Waals surface area contributed by atoms with Gasteiger partial charge in [0.1, 0.15) is 23.0 Å². The molecule has 1 amide bonds. The first-order valence-corrected chi connectivity index (χ1v) is 14.7. The number of aromatic amines is 1. The normalized spacial score (nSPS) is 17.3. The van der Waals surface area contributed by atoms with Crippen LogP contribution in [-0.2, 0) is 15.1 Å². The van der Waals surface area contributed by atoms with Gasteiger partial charge in [0.2, 0.25) is 0 Å². The molecule has 1 aliphatic rings. The van der Waals surface area contributed by atoms with E-state index in [2.05, 4.69) is 51.4 Å². The Morgan fingerprint density at radius 3 is 1.98 bits per heavy atom. The van der Waals surface area contributed by atoms with Crippen LogP contribution in [0.3, 0.4) is 0 Å². The number of amides is 1. The average molecular weight is 576 g/mol. The monoisotopic (exact) mass is 575 g/mol. The lowest BCUT2D eigenvalue weighted by Crippen LogP contribution is -2.45. The first kappa shape index (κ1) is 28.4. The van der Waals surface area contributed by atoms with Crippen molar-refractivity contribution in [2.45, 2.75) is 56.9 Å². The maximum atomic E-state index is 13.9. The number of nitrogens with one attached hydrogen (secondary N) is 1. The average Bonchev–Trinajstić information content (AvgIpc) is 3.63. The van der Waals surface area contributed by atoms with E-state index in [1.807, 2.05) is 86.5 Å². The predicted octanol–water partition coefficient (Wildman–Crippen LogP) is 6.99. The van der Waals surface area contributed by atoms with E-state index in [0.29, 0.717) is 16.9 Å². The van der Waals surface area contributed by atoms with Crippen LogP contribution in [0.4, 0.5) is 10.6 Å². The molecule has 6 rings (SSSR count). The molecule has 3 heterocycles. The number of hydrogen-bond donors (Lipinski definition) is 2. The summed E-state index contributed by atoms with van der Waals surface area (Å²) in [6.45, 7) is 5.93. The van der Waals surface area contributed by atoms with Gasteiger partial charge in [-0.1, -0.05) is 91.0 Å². The van der Waals surface area contributed by atoms with Crippen LogP contribution in [0.5, 0.6) is 0 Å². The highest BCUT2D eigenvalue weighted by Crippen LogP contribution is 2.44. The van der Waals surface area contributed by atoms with Gasteiger partial charge in [0.05, 0.1) is 24.2 Å². The highest BCUT2D eigenvalue weighted by atomic mass is 16.6. The Labute approximate surface area is 251 Å². The maximum absolute atomic E-state index is 13.9. The number of hydrogen-bond acceptors (Lipinski definition) is 6. The highest BCUT2D eigenvalue weighted by molar-refractivity contribution is 5.87. The number of benzene rings is 3. The molecule has 43 heavy (non-hydrogen) atoms. The zero-order valence-corrected chi connectivity index (χ0v) is 24.7. The maximum Gasteiger partial charge on any atom is 0.411 e. The molecule has 0 bridgehead atoms. The number of nitrogens with two attached hydrogens (primary N) is 1. The molecule has 0 aliphatic carbocycles. The molecule has 5 aromatic rings. The number of carbonyl (C=O) groups is 1. The van der Waals surface area contributed by atoms with Gasteiger partial charge in [-0.25, -0.2) is 14.8 Å². The third kappa shape index (κ3) is 5.46. The number of rotatable bonds is 7. The van der Waals surface area contributed by atoms with Gasteiger partial charge >= 0.3 is 6.09 Å². The molecule has 1 fully saturated rings. The molecule has 1 aliphatic heterocycles. The first-order valence-electron chi connectivity index (χ1n) is 14.7. The number of anilines is 1. The highest BCUT2D eigenvalue weighted by Gasteiger charge is 2.44. The standard InChI is InChI=1S/C35H37N5O3/c1-34(2,3)43-33(41)40-27(19-20-29(40)28-21-37-31-30(28)38-23-39-32(31)36)22-42-35(24-13-7-4-8-14-24,25-15-9-5-10-16-25)26-17-11-6-12-18-26/h4-18,21,23,27,29,37H,19-20,22H2,1-3H3,(H2,36,38,39). The van der Waals surface area contributed by atoms with Crippen molar-refractivity contribution in [2.24, 2.45) is 0 Å². The molecule has 0 saturated carbocycles. The van der Waals surface area contributed by atoms with Crippen LogP contribution in [-0.4, -0.2) is 44.2 Å². The fourth-order valence-corrected chi connectivity index (χ4v) is 6.17. The molecule has 8 nitrogen and oxygen atoms in total. The van der Waals surface area contributed by atoms with Crippen molar-refractivity contribution >= 4 is 22.9 Å². The summed E-state index contributed by atoms with van der Waals surface area (Å²) >= 11 is 0. The van der Waals surface area contributed by atoms with Crippen LogP contribution in [0.2, 0.25) is 0 Å². The van der Waals surface area contributed by atoms with Gasteiger partial charge in [-0.3, -0.25) is 4.90 Å². The number of likely N-dealkylation sites (tertiary alicyclic amines) is 1. The summed E-state index contributed by atoms with van der Waals surface area (Å²) in [5.41, 5.74) is 9.85. The molecule has 0 radical (unpaired) electrons. The molecular formula is C35H37N5O3. The first-order chi connectivity index (χ1) is 20.8. The smallest absolute Gasteiger partial charge is 0.411 e. The van der Waals surface area contributed by atoms with Crippen molar-refractivity contribution in [3.05, 3.63) is 126 Å². The molecule has 1 saturated heterocycles. The largest absolute Gasteiger partial charge is 0.444 e. The number of nitrogen functional groups attached to an aromatic ring is 1. The van der Waals surface area contributed by atoms with Gasteiger partial charge in [-0.05, 0) is 50.3 Å². The molecule has 3 N–H and O–H groups in total. The molecule has 8 heteroatoms. The summed E-state index contributed by atoms with van der Waals surface area (Å²) < 4.78 is 13.1. The summed E-state index contributed by atoms with van der Waals surface area (Å²) in [5.74, 6) is 0.372. The molecule has 3 aromatic carbocycles. The van der Waals surface area contributed by atoms with Gasteiger partial charge in [0.25, 0.3) is 0 Å². The minimum atomic E-state index is -0.899. The summed E-state index contributed by atoms with van der Waals surface area (Å²) in [7, 11) is 0. The third-order valence-corrected chi connectivity index (χ3v) is 8.02. The molecule has 2 atom stereocenters. The Hall–Kier alpha value is -4.69. The quantitative estimate of drug-likeness (QED) is 0.203. The summed E-state index contributed by atoms with van der Waals surface area (Å²) in [4.78, 5) is 27.6. The van der Waals surface area contributed by atoms with Crippen molar-refractivity contribution in [3.8, 4) is 0 Å². The van der Waals surface area contributed by atoms with Gasteiger partial charge in [0, 0.05) is 11.8 Å². The zero-order valence-electron chi connectivity index (χ0n) is 24.7. The van der Waals surface area contributed by atoms with Gasteiger partial charge in [-0.2, -0.15) is 0 Å². The second-order valence-electron chi connectivity index (χ2n) is 12.0. The van der Waals surface area contributed by atoms with Gasteiger partial charge < -0.3 is 20.2 Å². The molecule has 220 valence electrons. The Bertz CT molecular complexity index is 1590. The van der Waals surface area contributed by atoms with Crippen molar-refractivity contribution in [2.75, 3.05) is 12.3 Å². The Morgan fingerprint density at radius 1 is 0.884 bits per heavy atom. The van der Waals surface area contributed by atoms with E-state index in [1.165, 1.54) is 6.33 Å². The van der Waals surface area contributed by atoms with E-state index in [1.54, 1.807) is 0 Å². The van der Waals surface area contributed by atoms with Crippen LogP contribution >= 0.6 is 0 Å². The summed E-state index contributed by atoms with van der Waals surface area (Å²) in [6.07, 6.45) is 4.40. The predicted molar refractivity (Wildman–Crippen MR) is 167 cm³/mol. The lowest BCUT2D eigenvalue weighted by atomic mass is 9.80. The summed E-state index contributed by atoms with van der Waals surface area (Å²) in [6, 6.07) is 30.3. The number of fused-ring (bicyclic) bond motifs is 1. The van der Waals surface area contributed by atoms with E-state index < -0.39 is 11.2 Å². The van der Waals surface area contributed by atoms with Gasteiger partial charge in [-0.15, -0.1) is 0 Å². The van der Waals surface area contributed by atoms with E-state index in [4.69, 9.17) is 15.2 Å². The van der Waals surface area contributed by atoms with Crippen LogP contribution < -0.4 is 5.73 Å². The fraction of sp³-hybridized carbons (Fsp3) is 0.286. The summed E-state index contributed by atoms with van der Waals surface area (Å²) in [5, 5.41) is 0. The topological polar surface area (TPSA) is 106 Å². The lowest BCUT2D eigenvalue weighted by molar-refractivity contribution is -0.0308. The molecule has 0 spiro atoms. The minimum Gasteiger partial charge on any atom is -0.444 e. The number of ether oxygens (including phenoxy) is 2. The molecule has 2 aromatic heterocycles. The Kier molecular flexibility index (Phi) is 7.62. The number of carbonyl (C=O) groups excluding carboxylic acids is 1.